The highest BCUT2D eigenvalue weighted by Gasteiger charge is 2.06. The summed E-state index contributed by atoms with van der Waals surface area (Å²) in [6.45, 7) is 3.19. The molecule has 2 nitrogen and oxygen atoms in total. The maximum absolute atomic E-state index is 4.79. The average Bonchev–Trinajstić information content (AvgIpc) is 2.92. The van der Waals surface area contributed by atoms with E-state index in [1.807, 2.05) is 30.3 Å². The second-order valence-electron chi connectivity index (χ2n) is 4.87. The van der Waals surface area contributed by atoms with Crippen molar-refractivity contribution in [2.24, 2.45) is 4.99 Å². The van der Waals surface area contributed by atoms with Gasteiger partial charge >= 0.3 is 0 Å². The molecule has 0 aliphatic carbocycles. The minimum absolute atomic E-state index is 0.986. The molecule has 3 rings (SSSR count). The third-order valence-electron chi connectivity index (χ3n) is 3.30. The molecule has 106 valence electrons. The van der Waals surface area contributed by atoms with Gasteiger partial charge in [0.05, 0.1) is 11.4 Å². The molecule has 0 unspecified atom stereocenters. The molecule has 0 aliphatic heterocycles. The largest absolute Gasteiger partial charge is 0.316 e. The number of rotatable bonds is 4. The van der Waals surface area contributed by atoms with Crippen molar-refractivity contribution in [3.8, 4) is 11.3 Å². The number of hydrogen-bond donors (Lipinski definition) is 0. The molecular weight excluding hydrogens is 276 g/mol. The highest BCUT2D eigenvalue weighted by Crippen LogP contribution is 2.20. The predicted octanol–water partition coefficient (Wildman–Crippen LogP) is 4.86. The quantitative estimate of drug-likeness (QED) is 0.654. The smallest absolute Gasteiger partial charge is 0.190 e. The predicted molar refractivity (Wildman–Crippen MR) is 89.7 cm³/mol. The molecule has 0 amide bonds. The second-order valence-corrected chi connectivity index (χ2v) is 5.71. The van der Waals surface area contributed by atoms with Crippen molar-refractivity contribution in [3.63, 3.8) is 0 Å². The fraction of sp³-hybridized carbons (Fsp3) is 0.167. The van der Waals surface area contributed by atoms with Crippen LogP contribution in [0.25, 0.3) is 11.3 Å². The molecule has 0 N–H and O–H groups in total. The van der Waals surface area contributed by atoms with Crippen LogP contribution in [0.15, 0.2) is 71.0 Å². The van der Waals surface area contributed by atoms with Crippen LogP contribution < -0.4 is 4.80 Å². The molecule has 0 saturated heterocycles. The van der Waals surface area contributed by atoms with E-state index in [9.17, 15) is 0 Å². The molecule has 0 saturated carbocycles. The van der Waals surface area contributed by atoms with Crippen molar-refractivity contribution in [1.82, 2.24) is 4.57 Å². The first kappa shape index (κ1) is 13.8. The van der Waals surface area contributed by atoms with Gasteiger partial charge in [0.25, 0.3) is 0 Å². The van der Waals surface area contributed by atoms with Gasteiger partial charge in [0, 0.05) is 11.9 Å². The van der Waals surface area contributed by atoms with Crippen LogP contribution in [0.3, 0.4) is 0 Å². The fourth-order valence-corrected chi connectivity index (χ4v) is 3.27. The Hall–Kier alpha value is -2.13. The van der Waals surface area contributed by atoms with E-state index in [1.54, 1.807) is 11.3 Å². The van der Waals surface area contributed by atoms with Gasteiger partial charge in [0.2, 0.25) is 0 Å². The third-order valence-corrected chi connectivity index (χ3v) is 4.16. The van der Waals surface area contributed by atoms with Gasteiger partial charge in [-0.1, -0.05) is 55.5 Å². The van der Waals surface area contributed by atoms with E-state index in [2.05, 4.69) is 47.2 Å². The normalized spacial score (nSPS) is 11.8. The first-order valence-corrected chi connectivity index (χ1v) is 8.10. The molecule has 3 heteroatoms. The van der Waals surface area contributed by atoms with Crippen LogP contribution in [0.4, 0.5) is 5.69 Å². The van der Waals surface area contributed by atoms with Crippen LogP contribution in [0.1, 0.15) is 13.3 Å². The Morgan fingerprint density at radius 3 is 2.29 bits per heavy atom. The number of benzene rings is 2. The number of nitrogens with zero attached hydrogens (tertiary/aromatic N) is 2. The second kappa shape index (κ2) is 6.55. The zero-order valence-electron chi connectivity index (χ0n) is 12.1. The number of thiazole rings is 1. The lowest BCUT2D eigenvalue weighted by Crippen LogP contribution is -2.15. The summed E-state index contributed by atoms with van der Waals surface area (Å²) in [5.41, 5.74) is 3.50. The first-order chi connectivity index (χ1) is 10.4. The van der Waals surface area contributed by atoms with E-state index in [-0.39, 0.29) is 0 Å². The highest BCUT2D eigenvalue weighted by molar-refractivity contribution is 7.07. The molecule has 21 heavy (non-hydrogen) atoms. The third kappa shape index (κ3) is 3.14. The topological polar surface area (TPSA) is 17.3 Å². The first-order valence-electron chi connectivity index (χ1n) is 7.22. The van der Waals surface area contributed by atoms with Crippen molar-refractivity contribution in [2.45, 2.75) is 19.9 Å². The van der Waals surface area contributed by atoms with Crippen LogP contribution in [-0.4, -0.2) is 4.57 Å². The maximum Gasteiger partial charge on any atom is 0.190 e. The molecule has 0 atom stereocenters. The minimum atomic E-state index is 0.986. The lowest BCUT2D eigenvalue weighted by Gasteiger charge is -2.07. The van der Waals surface area contributed by atoms with Gasteiger partial charge in [-0.2, -0.15) is 0 Å². The summed E-state index contributed by atoms with van der Waals surface area (Å²) in [4.78, 5) is 5.84. The molecule has 2 aromatic carbocycles. The number of aromatic nitrogens is 1. The molecule has 1 aromatic heterocycles. The summed E-state index contributed by atoms with van der Waals surface area (Å²) >= 11 is 1.70. The highest BCUT2D eigenvalue weighted by atomic mass is 32.1. The van der Waals surface area contributed by atoms with Crippen LogP contribution in [0.2, 0.25) is 0 Å². The molecule has 0 fully saturated rings. The zero-order valence-corrected chi connectivity index (χ0v) is 12.9. The Kier molecular flexibility index (Phi) is 4.31. The van der Waals surface area contributed by atoms with Crippen LogP contribution in [-0.2, 0) is 6.54 Å². The van der Waals surface area contributed by atoms with E-state index in [0.717, 1.165) is 23.5 Å². The minimum Gasteiger partial charge on any atom is -0.316 e. The summed E-state index contributed by atoms with van der Waals surface area (Å²) < 4.78 is 2.31. The van der Waals surface area contributed by atoms with Gasteiger partial charge in [-0.15, -0.1) is 11.3 Å². The molecule has 0 aliphatic rings. The van der Waals surface area contributed by atoms with Crippen molar-refractivity contribution in [1.29, 1.82) is 0 Å². The van der Waals surface area contributed by atoms with Gasteiger partial charge in [0.15, 0.2) is 4.80 Å². The van der Waals surface area contributed by atoms with Crippen LogP contribution in [0.5, 0.6) is 0 Å². The van der Waals surface area contributed by atoms with Crippen molar-refractivity contribution < 1.29 is 0 Å². The van der Waals surface area contributed by atoms with Crippen molar-refractivity contribution in [3.05, 3.63) is 70.8 Å². The monoisotopic (exact) mass is 294 g/mol. The van der Waals surface area contributed by atoms with Crippen LogP contribution >= 0.6 is 11.3 Å². The summed E-state index contributed by atoms with van der Waals surface area (Å²) in [6, 6.07) is 20.7. The lowest BCUT2D eigenvalue weighted by atomic mass is 10.2. The van der Waals surface area contributed by atoms with Gasteiger partial charge in [-0.25, -0.2) is 4.99 Å². The maximum atomic E-state index is 4.79. The van der Waals surface area contributed by atoms with Gasteiger partial charge in [0.1, 0.15) is 0 Å². The van der Waals surface area contributed by atoms with Gasteiger partial charge in [-0.3, -0.25) is 0 Å². The summed E-state index contributed by atoms with van der Waals surface area (Å²) in [5.74, 6) is 0. The molecule has 0 spiro atoms. The SMILES string of the molecule is CCCn1c(-c2ccccc2)csc1=Nc1ccccc1. The number of para-hydroxylation sites is 1. The standard InChI is InChI=1S/C18H18N2S/c1-2-13-20-17(15-9-5-3-6-10-15)14-21-18(20)19-16-11-7-4-8-12-16/h3-12,14H,2,13H2,1H3. The summed E-state index contributed by atoms with van der Waals surface area (Å²) in [5, 5.41) is 2.20. The Morgan fingerprint density at radius 1 is 0.952 bits per heavy atom. The fourth-order valence-electron chi connectivity index (χ4n) is 2.31. The molecular formula is C18H18N2S. The van der Waals surface area contributed by atoms with Crippen LogP contribution in [0, 0.1) is 0 Å². The van der Waals surface area contributed by atoms with E-state index >= 15 is 0 Å². The van der Waals surface area contributed by atoms with Crippen molar-refractivity contribution in [2.75, 3.05) is 0 Å². The van der Waals surface area contributed by atoms with E-state index in [4.69, 9.17) is 4.99 Å². The number of hydrogen-bond acceptors (Lipinski definition) is 2. The van der Waals surface area contributed by atoms with E-state index in [1.165, 1.54) is 11.3 Å². The van der Waals surface area contributed by atoms with Gasteiger partial charge < -0.3 is 4.57 Å². The molecule has 3 aromatic rings. The average molecular weight is 294 g/mol. The Labute approximate surface area is 129 Å². The summed E-state index contributed by atoms with van der Waals surface area (Å²) in [6.07, 6.45) is 1.10. The Balaban J connectivity index is 2.11. The van der Waals surface area contributed by atoms with E-state index < -0.39 is 0 Å². The Bertz CT molecular complexity index is 755. The Morgan fingerprint density at radius 2 is 1.62 bits per heavy atom. The lowest BCUT2D eigenvalue weighted by molar-refractivity contribution is 0.667. The summed E-state index contributed by atoms with van der Waals surface area (Å²) in [7, 11) is 0. The van der Waals surface area contributed by atoms with E-state index in [0.29, 0.717) is 0 Å². The van der Waals surface area contributed by atoms with Gasteiger partial charge in [-0.05, 0) is 24.1 Å². The molecule has 0 bridgehead atoms. The van der Waals surface area contributed by atoms with Crippen molar-refractivity contribution >= 4 is 17.0 Å². The molecule has 0 radical (unpaired) electrons. The molecule has 1 heterocycles. The zero-order chi connectivity index (χ0) is 14.5.